The molecule has 0 atom stereocenters. The van der Waals surface area contributed by atoms with Crippen LogP contribution in [0.25, 0.3) is 0 Å². The van der Waals surface area contributed by atoms with Gasteiger partial charge in [0.15, 0.2) is 0 Å². The molecule has 0 bridgehead atoms. The fourth-order valence-corrected chi connectivity index (χ4v) is 2.22. The van der Waals surface area contributed by atoms with E-state index in [9.17, 15) is 4.79 Å². The highest BCUT2D eigenvalue weighted by molar-refractivity contribution is 5.95. The maximum absolute atomic E-state index is 12.4. The molecule has 0 radical (unpaired) electrons. The second kappa shape index (κ2) is 7.86. The number of ether oxygens (including phenoxy) is 2. The molecule has 4 heteroatoms. The predicted octanol–water partition coefficient (Wildman–Crippen LogP) is 4.19. The van der Waals surface area contributed by atoms with Gasteiger partial charge in [0.2, 0.25) is 0 Å². The second-order valence-electron chi connectivity index (χ2n) is 6.56. The summed E-state index contributed by atoms with van der Waals surface area (Å²) in [7, 11) is 0. The van der Waals surface area contributed by atoms with E-state index in [2.05, 4.69) is 5.32 Å². The maximum atomic E-state index is 12.4. The van der Waals surface area contributed by atoms with E-state index < -0.39 is 0 Å². The molecule has 1 amide bonds. The Labute approximate surface area is 143 Å². The molecule has 4 nitrogen and oxygen atoms in total. The van der Waals surface area contributed by atoms with Crippen LogP contribution >= 0.6 is 0 Å². The van der Waals surface area contributed by atoms with Crippen LogP contribution in [0, 0.1) is 0 Å². The number of carbonyl (C=O) groups is 1. The van der Waals surface area contributed by atoms with Crippen molar-refractivity contribution in [2.45, 2.75) is 39.8 Å². The predicted molar refractivity (Wildman–Crippen MR) is 95.6 cm³/mol. The minimum absolute atomic E-state index is 0.105. The number of benzene rings is 2. The molecule has 0 heterocycles. The average molecular weight is 327 g/mol. The van der Waals surface area contributed by atoms with Crippen LogP contribution in [0.2, 0.25) is 0 Å². The van der Waals surface area contributed by atoms with Gasteiger partial charge < -0.3 is 14.8 Å². The SMILES string of the molecule is CCOc1ccc(C(=O)NC(C)(C)C)cc1COc1ccccc1. The molecule has 1 N–H and O–H groups in total. The normalized spacial score (nSPS) is 11.0. The number of hydrogen-bond donors (Lipinski definition) is 1. The number of para-hydroxylation sites is 1. The van der Waals surface area contributed by atoms with Gasteiger partial charge in [0.05, 0.1) is 6.61 Å². The van der Waals surface area contributed by atoms with E-state index in [1.165, 1.54) is 0 Å². The Bertz CT molecular complexity index is 675. The molecule has 0 aromatic heterocycles. The van der Waals surface area contributed by atoms with Gasteiger partial charge >= 0.3 is 0 Å². The van der Waals surface area contributed by atoms with E-state index in [0.29, 0.717) is 18.8 Å². The van der Waals surface area contributed by atoms with Crippen molar-refractivity contribution in [3.63, 3.8) is 0 Å². The first kappa shape index (κ1) is 17.9. The van der Waals surface area contributed by atoms with Gasteiger partial charge in [-0.1, -0.05) is 18.2 Å². The summed E-state index contributed by atoms with van der Waals surface area (Å²) < 4.78 is 11.5. The summed E-state index contributed by atoms with van der Waals surface area (Å²) in [5.41, 5.74) is 1.17. The first-order valence-electron chi connectivity index (χ1n) is 8.15. The number of rotatable bonds is 6. The third-order valence-electron chi connectivity index (χ3n) is 3.25. The fraction of sp³-hybridized carbons (Fsp3) is 0.350. The molecule has 0 aliphatic carbocycles. The van der Waals surface area contributed by atoms with Gasteiger partial charge in [0.25, 0.3) is 5.91 Å². The Morgan fingerprint density at radius 3 is 2.38 bits per heavy atom. The van der Waals surface area contributed by atoms with E-state index in [0.717, 1.165) is 17.1 Å². The molecule has 2 rings (SSSR count). The van der Waals surface area contributed by atoms with Crippen LogP contribution in [0.1, 0.15) is 43.6 Å². The summed E-state index contributed by atoms with van der Waals surface area (Å²) in [4.78, 5) is 12.4. The molecular formula is C20H25NO3. The van der Waals surface area contributed by atoms with Crippen molar-refractivity contribution in [1.82, 2.24) is 5.32 Å². The van der Waals surface area contributed by atoms with E-state index in [4.69, 9.17) is 9.47 Å². The van der Waals surface area contributed by atoms with Gasteiger partial charge in [0.1, 0.15) is 18.1 Å². The van der Waals surface area contributed by atoms with Crippen LogP contribution < -0.4 is 14.8 Å². The highest BCUT2D eigenvalue weighted by Gasteiger charge is 2.17. The lowest BCUT2D eigenvalue weighted by Crippen LogP contribution is -2.40. The standard InChI is InChI=1S/C20H25NO3/c1-5-23-18-12-11-15(19(22)21-20(2,3)4)13-16(18)14-24-17-9-7-6-8-10-17/h6-13H,5,14H2,1-4H3,(H,21,22). The summed E-state index contributed by atoms with van der Waals surface area (Å²) in [6.07, 6.45) is 0. The van der Waals surface area contributed by atoms with Gasteiger partial charge in [-0.05, 0) is 58.0 Å². The first-order valence-corrected chi connectivity index (χ1v) is 8.15. The number of carbonyl (C=O) groups excluding carboxylic acids is 1. The molecule has 0 saturated heterocycles. The van der Waals surface area contributed by atoms with Crippen molar-refractivity contribution in [3.8, 4) is 11.5 Å². The molecule has 2 aromatic carbocycles. The van der Waals surface area contributed by atoms with Gasteiger partial charge in [-0.3, -0.25) is 4.79 Å². The fourth-order valence-electron chi connectivity index (χ4n) is 2.22. The molecule has 0 unspecified atom stereocenters. The Morgan fingerprint density at radius 1 is 1.04 bits per heavy atom. The summed E-state index contributed by atoms with van der Waals surface area (Å²) in [5, 5.41) is 2.97. The van der Waals surface area contributed by atoms with Crippen LogP contribution in [0.4, 0.5) is 0 Å². The van der Waals surface area contributed by atoms with Gasteiger partial charge in [-0.2, -0.15) is 0 Å². The van der Waals surface area contributed by atoms with E-state index >= 15 is 0 Å². The minimum atomic E-state index is -0.281. The minimum Gasteiger partial charge on any atom is -0.493 e. The molecule has 0 aliphatic heterocycles. The zero-order valence-electron chi connectivity index (χ0n) is 14.8. The Kier molecular flexibility index (Phi) is 5.85. The highest BCUT2D eigenvalue weighted by atomic mass is 16.5. The highest BCUT2D eigenvalue weighted by Crippen LogP contribution is 2.23. The monoisotopic (exact) mass is 327 g/mol. The lowest BCUT2D eigenvalue weighted by molar-refractivity contribution is 0.0919. The topological polar surface area (TPSA) is 47.6 Å². The largest absolute Gasteiger partial charge is 0.493 e. The lowest BCUT2D eigenvalue weighted by atomic mass is 10.1. The summed E-state index contributed by atoms with van der Waals surface area (Å²) in [5.74, 6) is 1.41. The number of hydrogen-bond acceptors (Lipinski definition) is 3. The zero-order chi connectivity index (χ0) is 17.6. The lowest BCUT2D eigenvalue weighted by Gasteiger charge is -2.21. The zero-order valence-corrected chi connectivity index (χ0v) is 14.8. The van der Waals surface area contributed by atoms with E-state index in [-0.39, 0.29) is 11.4 Å². The molecule has 2 aromatic rings. The van der Waals surface area contributed by atoms with Crippen LogP contribution in [-0.2, 0) is 6.61 Å². The van der Waals surface area contributed by atoms with Crippen LogP contribution in [0.3, 0.4) is 0 Å². The second-order valence-corrected chi connectivity index (χ2v) is 6.56. The third kappa shape index (κ3) is 5.30. The smallest absolute Gasteiger partial charge is 0.251 e. The van der Waals surface area contributed by atoms with E-state index in [1.807, 2.05) is 70.2 Å². The molecular weight excluding hydrogens is 302 g/mol. The molecule has 0 saturated carbocycles. The third-order valence-corrected chi connectivity index (χ3v) is 3.25. The van der Waals surface area contributed by atoms with Gasteiger partial charge in [-0.25, -0.2) is 0 Å². The van der Waals surface area contributed by atoms with Crippen LogP contribution in [-0.4, -0.2) is 18.1 Å². The van der Waals surface area contributed by atoms with Gasteiger partial charge in [0, 0.05) is 16.7 Å². The molecule has 0 fully saturated rings. The Hall–Kier alpha value is -2.49. The summed E-state index contributed by atoms with van der Waals surface area (Å²) in [6, 6.07) is 15.0. The van der Waals surface area contributed by atoms with Crippen molar-refractivity contribution in [2.75, 3.05) is 6.61 Å². The van der Waals surface area contributed by atoms with Gasteiger partial charge in [-0.15, -0.1) is 0 Å². The van der Waals surface area contributed by atoms with E-state index in [1.54, 1.807) is 6.07 Å². The number of amides is 1. The Morgan fingerprint density at radius 2 is 1.75 bits per heavy atom. The summed E-state index contributed by atoms with van der Waals surface area (Å²) in [6.45, 7) is 8.71. The Balaban J connectivity index is 2.19. The molecule has 24 heavy (non-hydrogen) atoms. The van der Waals surface area contributed by atoms with Crippen molar-refractivity contribution in [1.29, 1.82) is 0 Å². The molecule has 128 valence electrons. The number of nitrogens with one attached hydrogen (secondary N) is 1. The maximum Gasteiger partial charge on any atom is 0.251 e. The van der Waals surface area contributed by atoms with Crippen molar-refractivity contribution >= 4 is 5.91 Å². The first-order chi connectivity index (χ1) is 11.4. The van der Waals surface area contributed by atoms with Crippen molar-refractivity contribution in [2.24, 2.45) is 0 Å². The average Bonchev–Trinajstić information content (AvgIpc) is 2.53. The van der Waals surface area contributed by atoms with Crippen molar-refractivity contribution in [3.05, 3.63) is 59.7 Å². The van der Waals surface area contributed by atoms with Crippen LogP contribution in [0.15, 0.2) is 48.5 Å². The summed E-state index contributed by atoms with van der Waals surface area (Å²) >= 11 is 0. The molecule has 0 spiro atoms. The molecule has 0 aliphatic rings. The van der Waals surface area contributed by atoms with Crippen molar-refractivity contribution < 1.29 is 14.3 Å². The quantitative estimate of drug-likeness (QED) is 0.865. The van der Waals surface area contributed by atoms with Crippen LogP contribution in [0.5, 0.6) is 11.5 Å².